The van der Waals surface area contributed by atoms with Gasteiger partial charge in [0.15, 0.2) is 0 Å². The van der Waals surface area contributed by atoms with E-state index >= 15 is 0 Å². The Morgan fingerprint density at radius 3 is 2.52 bits per heavy atom. The Bertz CT molecular complexity index is 511. The fraction of sp³-hybridized carbons (Fsp3) is 0.600. The van der Waals surface area contributed by atoms with Gasteiger partial charge < -0.3 is 0 Å². The van der Waals surface area contributed by atoms with Crippen LogP contribution < -0.4 is 0 Å². The summed E-state index contributed by atoms with van der Waals surface area (Å²) in [6, 6.07) is 9.33. The molecule has 0 aliphatic heterocycles. The van der Waals surface area contributed by atoms with Crippen LogP contribution in [0.15, 0.2) is 29.6 Å². The number of benzene rings is 1. The van der Waals surface area contributed by atoms with E-state index in [0.717, 1.165) is 5.92 Å². The van der Waals surface area contributed by atoms with Gasteiger partial charge in [0.05, 0.1) is 0 Å². The van der Waals surface area contributed by atoms with Crippen LogP contribution in [0.4, 0.5) is 0 Å². The quantitative estimate of drug-likeness (QED) is 0.406. The number of hydrogen-bond acceptors (Lipinski definition) is 1. The number of hydrogen-bond donors (Lipinski definition) is 0. The van der Waals surface area contributed by atoms with Gasteiger partial charge in [-0.25, -0.2) is 0 Å². The van der Waals surface area contributed by atoms with E-state index in [0.29, 0.717) is 0 Å². The Morgan fingerprint density at radius 2 is 1.71 bits per heavy atom. The summed E-state index contributed by atoms with van der Waals surface area (Å²) in [5.74, 6) is 0.887. The molecule has 1 aromatic carbocycles. The van der Waals surface area contributed by atoms with Gasteiger partial charge in [-0.1, -0.05) is 77.3 Å². The SMILES string of the molecule is CCCCCCC(CCCC)Cc1ccc2sccc2c1. The van der Waals surface area contributed by atoms with Gasteiger partial charge in [0.25, 0.3) is 0 Å². The van der Waals surface area contributed by atoms with Crippen molar-refractivity contribution in [3.63, 3.8) is 0 Å². The van der Waals surface area contributed by atoms with Crippen molar-refractivity contribution in [2.75, 3.05) is 0 Å². The first kappa shape index (κ1) is 16.5. The van der Waals surface area contributed by atoms with Gasteiger partial charge in [-0.2, -0.15) is 0 Å². The molecule has 1 heterocycles. The van der Waals surface area contributed by atoms with Gasteiger partial charge in [-0.05, 0) is 40.8 Å². The number of rotatable bonds is 10. The molecule has 0 saturated heterocycles. The summed E-state index contributed by atoms with van der Waals surface area (Å²) < 4.78 is 1.42. The lowest BCUT2D eigenvalue weighted by Gasteiger charge is -2.17. The predicted molar refractivity (Wildman–Crippen MR) is 97.3 cm³/mol. The third-order valence-corrected chi connectivity index (χ3v) is 5.37. The van der Waals surface area contributed by atoms with Crippen LogP contribution in [0, 0.1) is 5.92 Å². The molecule has 1 unspecified atom stereocenters. The summed E-state index contributed by atoms with van der Waals surface area (Å²) in [5.41, 5.74) is 1.54. The fourth-order valence-corrected chi connectivity index (χ4v) is 3.95. The minimum Gasteiger partial charge on any atom is -0.144 e. The van der Waals surface area contributed by atoms with Crippen molar-refractivity contribution < 1.29 is 0 Å². The van der Waals surface area contributed by atoms with Crippen LogP contribution >= 0.6 is 11.3 Å². The summed E-state index contributed by atoms with van der Waals surface area (Å²) in [6.45, 7) is 4.61. The molecule has 0 fully saturated rings. The highest BCUT2D eigenvalue weighted by Crippen LogP contribution is 2.26. The van der Waals surface area contributed by atoms with E-state index in [9.17, 15) is 0 Å². The molecule has 0 radical (unpaired) electrons. The normalized spacial score (nSPS) is 12.9. The van der Waals surface area contributed by atoms with Crippen LogP contribution in [0.3, 0.4) is 0 Å². The number of thiophene rings is 1. The molecule has 1 heteroatoms. The molecule has 1 atom stereocenters. The van der Waals surface area contributed by atoms with Crippen LogP contribution in [0.25, 0.3) is 10.1 Å². The second-order valence-electron chi connectivity index (χ2n) is 6.35. The van der Waals surface area contributed by atoms with E-state index in [-0.39, 0.29) is 0 Å². The molecule has 21 heavy (non-hydrogen) atoms. The van der Waals surface area contributed by atoms with Crippen LogP contribution in [-0.2, 0) is 6.42 Å². The first-order valence-corrected chi connectivity index (χ1v) is 9.67. The minimum absolute atomic E-state index is 0.887. The molecule has 0 amide bonds. The van der Waals surface area contributed by atoms with E-state index in [2.05, 4.69) is 43.5 Å². The smallest absolute Gasteiger partial charge is 0.0342 e. The second-order valence-corrected chi connectivity index (χ2v) is 7.30. The van der Waals surface area contributed by atoms with E-state index in [1.165, 1.54) is 73.4 Å². The highest BCUT2D eigenvalue weighted by atomic mass is 32.1. The van der Waals surface area contributed by atoms with Crippen LogP contribution in [0.2, 0.25) is 0 Å². The zero-order valence-electron chi connectivity index (χ0n) is 13.7. The third-order valence-electron chi connectivity index (χ3n) is 4.47. The van der Waals surface area contributed by atoms with Gasteiger partial charge in [0.1, 0.15) is 0 Å². The van der Waals surface area contributed by atoms with Gasteiger partial charge in [-0.3, -0.25) is 0 Å². The van der Waals surface area contributed by atoms with E-state index < -0.39 is 0 Å². The lowest BCUT2D eigenvalue weighted by atomic mass is 9.89. The Kier molecular flexibility index (Phi) is 7.29. The number of unbranched alkanes of at least 4 members (excludes halogenated alkanes) is 4. The first-order valence-electron chi connectivity index (χ1n) is 8.79. The topological polar surface area (TPSA) is 0 Å². The fourth-order valence-electron chi connectivity index (χ4n) is 3.18. The standard InChI is InChI=1S/C20H30S/c1-3-5-7-8-10-17(9-6-4-2)15-18-11-12-20-19(16-18)13-14-21-20/h11-14,16-17H,3-10,15H2,1-2H3. The molecule has 0 nitrogen and oxygen atoms in total. The maximum absolute atomic E-state index is 2.41. The van der Waals surface area contributed by atoms with Crippen LogP contribution in [0.5, 0.6) is 0 Å². The Labute approximate surface area is 134 Å². The molecule has 2 aromatic rings. The molecule has 1 aromatic heterocycles. The predicted octanol–water partition coefficient (Wildman–Crippen LogP) is 7.22. The van der Waals surface area contributed by atoms with Crippen molar-refractivity contribution in [2.45, 2.75) is 71.6 Å². The van der Waals surface area contributed by atoms with Gasteiger partial charge >= 0.3 is 0 Å². The highest BCUT2D eigenvalue weighted by molar-refractivity contribution is 7.17. The third kappa shape index (κ3) is 5.47. The Balaban J connectivity index is 1.92. The van der Waals surface area contributed by atoms with E-state index in [1.54, 1.807) is 0 Å². The number of fused-ring (bicyclic) bond motifs is 1. The lowest BCUT2D eigenvalue weighted by Crippen LogP contribution is -2.05. The zero-order valence-corrected chi connectivity index (χ0v) is 14.6. The maximum atomic E-state index is 2.41. The monoisotopic (exact) mass is 302 g/mol. The van der Waals surface area contributed by atoms with Gasteiger partial charge in [-0.15, -0.1) is 11.3 Å². The van der Waals surface area contributed by atoms with Crippen molar-refractivity contribution in [3.8, 4) is 0 Å². The van der Waals surface area contributed by atoms with Crippen molar-refractivity contribution >= 4 is 21.4 Å². The summed E-state index contributed by atoms with van der Waals surface area (Å²) in [7, 11) is 0. The molecule has 0 aliphatic carbocycles. The van der Waals surface area contributed by atoms with Crippen molar-refractivity contribution in [1.29, 1.82) is 0 Å². The second kappa shape index (κ2) is 9.25. The molecule has 0 spiro atoms. The Hall–Kier alpha value is -0.820. The van der Waals surface area contributed by atoms with Gasteiger partial charge in [0.2, 0.25) is 0 Å². The molecule has 0 N–H and O–H groups in total. The average molecular weight is 303 g/mol. The Morgan fingerprint density at radius 1 is 0.905 bits per heavy atom. The van der Waals surface area contributed by atoms with E-state index in [1.807, 2.05) is 11.3 Å². The summed E-state index contributed by atoms with van der Waals surface area (Å²) in [4.78, 5) is 0. The van der Waals surface area contributed by atoms with Crippen molar-refractivity contribution in [2.24, 2.45) is 5.92 Å². The first-order chi connectivity index (χ1) is 10.3. The summed E-state index contributed by atoms with van der Waals surface area (Å²) >= 11 is 1.85. The summed E-state index contributed by atoms with van der Waals surface area (Å²) in [5, 5.41) is 3.63. The molecule has 0 bridgehead atoms. The molecule has 116 valence electrons. The highest BCUT2D eigenvalue weighted by Gasteiger charge is 2.10. The zero-order chi connectivity index (χ0) is 14.9. The van der Waals surface area contributed by atoms with Crippen LogP contribution in [0.1, 0.15) is 70.8 Å². The van der Waals surface area contributed by atoms with Gasteiger partial charge in [0, 0.05) is 4.70 Å². The minimum atomic E-state index is 0.887. The maximum Gasteiger partial charge on any atom is 0.0342 e. The molecule has 0 saturated carbocycles. The van der Waals surface area contributed by atoms with Crippen molar-refractivity contribution in [1.82, 2.24) is 0 Å². The molecule has 0 aliphatic rings. The van der Waals surface area contributed by atoms with Crippen molar-refractivity contribution in [3.05, 3.63) is 35.2 Å². The van der Waals surface area contributed by atoms with Crippen LogP contribution in [-0.4, -0.2) is 0 Å². The molecule has 2 rings (SSSR count). The lowest BCUT2D eigenvalue weighted by molar-refractivity contribution is 0.410. The summed E-state index contributed by atoms with van der Waals surface area (Å²) in [6.07, 6.45) is 12.4. The largest absolute Gasteiger partial charge is 0.144 e. The molecular formula is C20H30S. The molecular weight excluding hydrogens is 272 g/mol. The van der Waals surface area contributed by atoms with E-state index in [4.69, 9.17) is 0 Å². The average Bonchev–Trinajstić information content (AvgIpc) is 2.96.